The Morgan fingerprint density at radius 1 is 1.10 bits per heavy atom. The van der Waals surface area contributed by atoms with E-state index in [1.807, 2.05) is 0 Å². The Morgan fingerprint density at radius 2 is 1.65 bits per heavy atom. The molecule has 2 saturated heterocycles. The molecule has 118 valence electrons. The van der Waals surface area contributed by atoms with E-state index in [1.165, 1.54) is 13.1 Å². The van der Waals surface area contributed by atoms with Crippen molar-refractivity contribution in [2.75, 3.05) is 39.3 Å². The van der Waals surface area contributed by atoms with Gasteiger partial charge in [-0.2, -0.15) is 0 Å². The summed E-state index contributed by atoms with van der Waals surface area (Å²) in [5.74, 6) is 6.29. The molecule has 0 bridgehead atoms. The molecule has 0 aromatic rings. The summed E-state index contributed by atoms with van der Waals surface area (Å²) in [7, 11) is 0. The van der Waals surface area contributed by atoms with Crippen LogP contribution in [-0.4, -0.2) is 66.3 Å². The second-order valence-electron chi connectivity index (χ2n) is 7.65. The summed E-state index contributed by atoms with van der Waals surface area (Å²) >= 11 is 0. The number of piperazine rings is 1. The second-order valence-corrected chi connectivity index (χ2v) is 7.65. The van der Waals surface area contributed by atoms with E-state index in [9.17, 15) is 0 Å². The molecule has 5 heteroatoms. The van der Waals surface area contributed by atoms with Crippen LogP contribution in [0.3, 0.4) is 0 Å². The van der Waals surface area contributed by atoms with Crippen molar-refractivity contribution in [2.45, 2.75) is 57.7 Å². The van der Waals surface area contributed by atoms with Crippen LogP contribution in [0.4, 0.5) is 0 Å². The van der Waals surface area contributed by atoms with E-state index in [1.54, 1.807) is 0 Å². The van der Waals surface area contributed by atoms with Gasteiger partial charge in [0.2, 0.25) is 0 Å². The molecule has 0 aliphatic carbocycles. The standard InChI is InChI=1S/C15H33N5/c1-14(2)11-13(12-15(3,4)20(14)16)18-7-10-19-8-5-17-6-9-19/h13,17-18H,5-12,16H2,1-4H3. The van der Waals surface area contributed by atoms with E-state index in [2.05, 4.69) is 48.2 Å². The molecule has 2 aliphatic rings. The van der Waals surface area contributed by atoms with Gasteiger partial charge in [-0.15, -0.1) is 0 Å². The van der Waals surface area contributed by atoms with Gasteiger partial charge in [-0.25, -0.2) is 5.01 Å². The molecule has 0 saturated carbocycles. The van der Waals surface area contributed by atoms with E-state index < -0.39 is 0 Å². The number of nitrogens with zero attached hydrogens (tertiary/aromatic N) is 2. The van der Waals surface area contributed by atoms with Crippen molar-refractivity contribution >= 4 is 0 Å². The molecule has 0 atom stereocenters. The van der Waals surface area contributed by atoms with Crippen LogP contribution < -0.4 is 16.5 Å². The Bertz CT molecular complexity index is 291. The van der Waals surface area contributed by atoms with Crippen LogP contribution in [0.25, 0.3) is 0 Å². The molecule has 0 spiro atoms. The fourth-order valence-corrected chi connectivity index (χ4v) is 3.80. The highest BCUT2D eigenvalue weighted by molar-refractivity contribution is 4.99. The summed E-state index contributed by atoms with van der Waals surface area (Å²) in [6, 6.07) is 0.572. The van der Waals surface area contributed by atoms with Crippen LogP contribution in [0.2, 0.25) is 0 Å². The maximum Gasteiger partial charge on any atom is 0.0316 e. The Morgan fingerprint density at radius 3 is 2.20 bits per heavy atom. The average Bonchev–Trinajstić information content (AvgIpc) is 2.36. The quantitative estimate of drug-likeness (QED) is 0.651. The van der Waals surface area contributed by atoms with Crippen LogP contribution in [-0.2, 0) is 0 Å². The van der Waals surface area contributed by atoms with Gasteiger partial charge >= 0.3 is 0 Å². The number of nitrogens with two attached hydrogens (primary N) is 1. The van der Waals surface area contributed by atoms with Crippen molar-refractivity contribution in [2.24, 2.45) is 5.84 Å². The van der Waals surface area contributed by atoms with Crippen LogP contribution in [0, 0.1) is 0 Å². The third-order valence-electron chi connectivity index (χ3n) is 4.87. The predicted molar refractivity (Wildman–Crippen MR) is 84.5 cm³/mol. The average molecular weight is 283 g/mol. The molecule has 0 aromatic heterocycles. The number of hydrogen-bond acceptors (Lipinski definition) is 5. The molecule has 2 rings (SSSR count). The van der Waals surface area contributed by atoms with Gasteiger partial charge in [0, 0.05) is 56.4 Å². The summed E-state index contributed by atoms with van der Waals surface area (Å²) in [4.78, 5) is 2.54. The molecule has 0 aromatic carbocycles. The third kappa shape index (κ3) is 3.92. The van der Waals surface area contributed by atoms with Crippen molar-refractivity contribution in [3.05, 3.63) is 0 Å². The first-order chi connectivity index (χ1) is 9.31. The Balaban J connectivity index is 1.78. The highest BCUT2D eigenvalue weighted by Crippen LogP contribution is 2.35. The van der Waals surface area contributed by atoms with Gasteiger partial charge < -0.3 is 10.6 Å². The zero-order valence-electron chi connectivity index (χ0n) is 13.7. The van der Waals surface area contributed by atoms with Gasteiger partial charge in [0.1, 0.15) is 0 Å². The van der Waals surface area contributed by atoms with Crippen LogP contribution in [0.5, 0.6) is 0 Å². The van der Waals surface area contributed by atoms with Crippen molar-refractivity contribution in [3.8, 4) is 0 Å². The zero-order chi connectivity index (χ0) is 14.8. The number of piperidine rings is 1. The monoisotopic (exact) mass is 283 g/mol. The van der Waals surface area contributed by atoms with Crippen molar-refractivity contribution in [1.29, 1.82) is 0 Å². The van der Waals surface area contributed by atoms with Gasteiger partial charge in [0.05, 0.1) is 0 Å². The van der Waals surface area contributed by atoms with Crippen molar-refractivity contribution in [3.63, 3.8) is 0 Å². The smallest absolute Gasteiger partial charge is 0.0316 e. The Kier molecular flexibility index (Phi) is 5.08. The summed E-state index contributed by atoms with van der Waals surface area (Å²) in [5.41, 5.74) is 0.128. The summed E-state index contributed by atoms with van der Waals surface area (Å²) in [6.07, 6.45) is 2.24. The van der Waals surface area contributed by atoms with Gasteiger partial charge in [-0.3, -0.25) is 10.7 Å². The van der Waals surface area contributed by atoms with Gasteiger partial charge in [-0.1, -0.05) is 0 Å². The number of hydrogen-bond donors (Lipinski definition) is 3. The molecule has 2 fully saturated rings. The lowest BCUT2D eigenvalue weighted by molar-refractivity contribution is -0.0421. The highest BCUT2D eigenvalue weighted by atomic mass is 15.5. The molecular formula is C15H33N5. The van der Waals surface area contributed by atoms with Crippen molar-refractivity contribution < 1.29 is 0 Å². The zero-order valence-corrected chi connectivity index (χ0v) is 13.7. The van der Waals surface area contributed by atoms with E-state index in [0.29, 0.717) is 6.04 Å². The number of hydrazine groups is 1. The summed E-state index contributed by atoms with van der Waals surface area (Å²) < 4.78 is 0. The van der Waals surface area contributed by atoms with Crippen molar-refractivity contribution in [1.82, 2.24) is 20.5 Å². The Hall–Kier alpha value is -0.200. The normalized spacial score (nSPS) is 28.6. The summed E-state index contributed by atoms with van der Waals surface area (Å²) in [5, 5.41) is 9.21. The fourth-order valence-electron chi connectivity index (χ4n) is 3.80. The maximum atomic E-state index is 6.29. The lowest BCUT2D eigenvalue weighted by Crippen LogP contribution is -2.66. The van der Waals surface area contributed by atoms with E-state index in [-0.39, 0.29) is 11.1 Å². The molecule has 0 radical (unpaired) electrons. The first kappa shape index (κ1) is 16.2. The minimum Gasteiger partial charge on any atom is -0.314 e. The number of rotatable bonds is 4. The lowest BCUT2D eigenvalue weighted by Gasteiger charge is -2.53. The van der Waals surface area contributed by atoms with Gasteiger partial charge in [0.15, 0.2) is 0 Å². The van der Waals surface area contributed by atoms with Crippen LogP contribution in [0.1, 0.15) is 40.5 Å². The second kappa shape index (κ2) is 6.28. The fraction of sp³-hybridized carbons (Fsp3) is 1.00. The minimum atomic E-state index is 0.0639. The lowest BCUT2D eigenvalue weighted by atomic mass is 9.78. The molecule has 0 unspecified atom stereocenters. The molecule has 2 aliphatic heterocycles. The van der Waals surface area contributed by atoms with Gasteiger partial charge in [-0.05, 0) is 40.5 Å². The van der Waals surface area contributed by atoms with E-state index in [0.717, 1.165) is 39.0 Å². The number of nitrogens with one attached hydrogen (secondary N) is 2. The first-order valence-corrected chi connectivity index (χ1v) is 8.03. The molecule has 5 nitrogen and oxygen atoms in total. The van der Waals surface area contributed by atoms with Crippen LogP contribution in [0.15, 0.2) is 0 Å². The topological polar surface area (TPSA) is 56.6 Å². The first-order valence-electron chi connectivity index (χ1n) is 8.03. The Labute approximate surface area is 124 Å². The SMILES string of the molecule is CC1(C)CC(NCCN2CCNCC2)CC(C)(C)N1N. The minimum absolute atomic E-state index is 0.0639. The molecular weight excluding hydrogens is 250 g/mol. The van der Waals surface area contributed by atoms with Crippen LogP contribution >= 0.6 is 0 Å². The molecule has 0 amide bonds. The largest absolute Gasteiger partial charge is 0.314 e. The molecule has 4 N–H and O–H groups in total. The van der Waals surface area contributed by atoms with E-state index >= 15 is 0 Å². The highest BCUT2D eigenvalue weighted by Gasteiger charge is 2.43. The van der Waals surface area contributed by atoms with Gasteiger partial charge in [0.25, 0.3) is 0 Å². The van der Waals surface area contributed by atoms with E-state index in [4.69, 9.17) is 5.84 Å². The maximum absolute atomic E-state index is 6.29. The summed E-state index contributed by atoms with van der Waals surface area (Å²) in [6.45, 7) is 15.9. The molecule has 2 heterocycles. The molecule has 20 heavy (non-hydrogen) atoms. The third-order valence-corrected chi connectivity index (χ3v) is 4.87. The predicted octanol–water partition coefficient (Wildman–Crippen LogP) is 0.377.